The first-order valence-electron chi connectivity index (χ1n) is 8.22. The number of benzene rings is 2. The Morgan fingerprint density at radius 1 is 1.04 bits per heavy atom. The highest BCUT2D eigenvalue weighted by Crippen LogP contribution is 2.28. The number of methoxy groups -OCH3 is 2. The molecule has 132 valence electrons. The first-order valence-corrected chi connectivity index (χ1v) is 8.22. The molecule has 0 aromatic heterocycles. The summed E-state index contributed by atoms with van der Waals surface area (Å²) in [4.78, 5) is 12.2. The van der Waals surface area contributed by atoms with Gasteiger partial charge in [0.25, 0.3) is 0 Å². The Morgan fingerprint density at radius 3 is 2.40 bits per heavy atom. The van der Waals surface area contributed by atoms with E-state index in [4.69, 9.17) is 9.47 Å². The van der Waals surface area contributed by atoms with Crippen LogP contribution in [0.2, 0.25) is 0 Å². The lowest BCUT2D eigenvalue weighted by Crippen LogP contribution is -2.25. The average Bonchev–Trinajstić information content (AvgIpc) is 2.59. The van der Waals surface area contributed by atoms with Crippen LogP contribution in [0, 0.1) is 13.8 Å². The highest BCUT2D eigenvalue weighted by molar-refractivity contribution is 5.92. The summed E-state index contributed by atoms with van der Waals surface area (Å²) < 4.78 is 10.5. The zero-order chi connectivity index (χ0) is 18.4. The van der Waals surface area contributed by atoms with Gasteiger partial charge in [-0.15, -0.1) is 0 Å². The minimum absolute atomic E-state index is 0.0526. The molecule has 0 unspecified atom stereocenters. The van der Waals surface area contributed by atoms with Crippen molar-refractivity contribution in [3.8, 4) is 11.5 Å². The predicted molar refractivity (Wildman–Crippen MR) is 101 cm³/mol. The van der Waals surface area contributed by atoms with Crippen LogP contribution in [0.15, 0.2) is 42.5 Å². The monoisotopic (exact) mass is 339 g/mol. The van der Waals surface area contributed by atoms with Crippen molar-refractivity contribution < 1.29 is 14.3 Å². The lowest BCUT2D eigenvalue weighted by molar-refractivity contribution is -0.117. The minimum Gasteiger partial charge on any atom is -0.493 e. The van der Waals surface area contributed by atoms with E-state index in [0.29, 0.717) is 11.5 Å². The molecule has 0 spiro atoms. The minimum atomic E-state index is -0.137. The van der Waals surface area contributed by atoms with Crippen LogP contribution < -0.4 is 14.8 Å². The van der Waals surface area contributed by atoms with Gasteiger partial charge < -0.3 is 14.8 Å². The van der Waals surface area contributed by atoms with E-state index in [1.807, 2.05) is 25.1 Å². The SMILES string of the molecule is COc1ccc(/C=C/C(=O)N[C@H](C)c2ccc(C)cc2C)cc1OC. The molecule has 0 saturated carbocycles. The second-order valence-electron chi connectivity index (χ2n) is 6.04. The Kier molecular flexibility index (Phi) is 6.23. The van der Waals surface area contributed by atoms with Gasteiger partial charge in [-0.3, -0.25) is 4.79 Å². The van der Waals surface area contributed by atoms with Crippen LogP contribution in [0.1, 0.15) is 35.2 Å². The Balaban J connectivity index is 2.05. The third-order valence-electron chi connectivity index (χ3n) is 4.09. The third-order valence-corrected chi connectivity index (χ3v) is 4.09. The fourth-order valence-corrected chi connectivity index (χ4v) is 2.78. The summed E-state index contributed by atoms with van der Waals surface area (Å²) in [6.07, 6.45) is 3.29. The molecule has 1 atom stereocenters. The number of carbonyl (C=O) groups is 1. The molecule has 0 heterocycles. The maximum atomic E-state index is 12.2. The second kappa shape index (κ2) is 8.38. The standard InChI is InChI=1S/C21H25NO3/c1-14-6-9-18(15(2)12-14)16(3)22-21(23)11-8-17-7-10-19(24-4)20(13-17)25-5/h6-13,16H,1-5H3,(H,22,23)/b11-8+/t16-/m1/s1. The van der Waals surface area contributed by atoms with E-state index in [2.05, 4.69) is 37.4 Å². The fourth-order valence-electron chi connectivity index (χ4n) is 2.78. The summed E-state index contributed by atoms with van der Waals surface area (Å²) in [7, 11) is 3.18. The molecule has 2 aromatic carbocycles. The smallest absolute Gasteiger partial charge is 0.244 e. The zero-order valence-electron chi connectivity index (χ0n) is 15.4. The van der Waals surface area contributed by atoms with Crippen LogP contribution >= 0.6 is 0 Å². The van der Waals surface area contributed by atoms with Gasteiger partial charge in [-0.1, -0.05) is 29.8 Å². The first kappa shape index (κ1) is 18.6. The molecular weight excluding hydrogens is 314 g/mol. The molecule has 0 bridgehead atoms. The highest BCUT2D eigenvalue weighted by atomic mass is 16.5. The van der Waals surface area contributed by atoms with E-state index in [1.54, 1.807) is 20.3 Å². The van der Waals surface area contributed by atoms with Crippen LogP contribution in [0.4, 0.5) is 0 Å². The summed E-state index contributed by atoms with van der Waals surface area (Å²) in [5, 5.41) is 3.00. The van der Waals surface area contributed by atoms with Crippen LogP contribution in [0.25, 0.3) is 6.08 Å². The fraction of sp³-hybridized carbons (Fsp3) is 0.286. The summed E-state index contributed by atoms with van der Waals surface area (Å²) in [5.74, 6) is 1.16. The normalized spacial score (nSPS) is 12.0. The number of carbonyl (C=O) groups excluding carboxylic acids is 1. The maximum Gasteiger partial charge on any atom is 0.244 e. The van der Waals surface area contributed by atoms with Gasteiger partial charge in [0.05, 0.1) is 20.3 Å². The van der Waals surface area contributed by atoms with Crippen LogP contribution in [0.5, 0.6) is 11.5 Å². The quantitative estimate of drug-likeness (QED) is 0.802. The number of hydrogen-bond donors (Lipinski definition) is 1. The van der Waals surface area contributed by atoms with Gasteiger partial charge >= 0.3 is 0 Å². The molecule has 1 N–H and O–H groups in total. The summed E-state index contributed by atoms with van der Waals surface area (Å²) >= 11 is 0. The molecule has 4 heteroatoms. The molecule has 4 nitrogen and oxygen atoms in total. The number of aryl methyl sites for hydroxylation is 2. The Bertz CT molecular complexity index is 781. The van der Waals surface area contributed by atoms with Crippen molar-refractivity contribution >= 4 is 12.0 Å². The Labute approximate surface area is 149 Å². The summed E-state index contributed by atoms with van der Waals surface area (Å²) in [6.45, 7) is 6.11. The van der Waals surface area contributed by atoms with Crippen molar-refractivity contribution in [3.63, 3.8) is 0 Å². The van der Waals surface area contributed by atoms with Gasteiger partial charge in [0.2, 0.25) is 5.91 Å². The molecular formula is C21H25NO3. The van der Waals surface area contributed by atoms with E-state index in [-0.39, 0.29) is 11.9 Å². The van der Waals surface area contributed by atoms with Gasteiger partial charge in [0.15, 0.2) is 11.5 Å². The van der Waals surface area contributed by atoms with Gasteiger partial charge in [0, 0.05) is 6.08 Å². The molecule has 1 amide bonds. The van der Waals surface area contributed by atoms with Crippen LogP contribution in [0.3, 0.4) is 0 Å². The Hall–Kier alpha value is -2.75. The van der Waals surface area contributed by atoms with Gasteiger partial charge in [-0.25, -0.2) is 0 Å². The van der Waals surface area contributed by atoms with Crippen molar-refractivity contribution in [3.05, 3.63) is 64.7 Å². The number of ether oxygens (including phenoxy) is 2. The molecule has 0 aliphatic carbocycles. The molecule has 0 aliphatic heterocycles. The van der Waals surface area contributed by atoms with Crippen molar-refractivity contribution in [1.82, 2.24) is 5.32 Å². The summed E-state index contributed by atoms with van der Waals surface area (Å²) in [6, 6.07) is 11.7. The van der Waals surface area contributed by atoms with Crippen molar-refractivity contribution in [2.45, 2.75) is 26.8 Å². The molecule has 0 saturated heterocycles. The molecule has 0 fully saturated rings. The van der Waals surface area contributed by atoms with Gasteiger partial charge in [-0.05, 0) is 55.7 Å². The highest BCUT2D eigenvalue weighted by Gasteiger charge is 2.10. The second-order valence-corrected chi connectivity index (χ2v) is 6.04. The first-order chi connectivity index (χ1) is 11.9. The van der Waals surface area contributed by atoms with E-state index in [1.165, 1.54) is 17.2 Å². The number of rotatable bonds is 6. The van der Waals surface area contributed by atoms with Gasteiger partial charge in [0.1, 0.15) is 0 Å². The molecule has 2 rings (SSSR count). The Morgan fingerprint density at radius 2 is 1.76 bits per heavy atom. The largest absolute Gasteiger partial charge is 0.493 e. The molecule has 25 heavy (non-hydrogen) atoms. The lowest BCUT2D eigenvalue weighted by Gasteiger charge is -2.16. The number of hydrogen-bond acceptors (Lipinski definition) is 3. The zero-order valence-corrected chi connectivity index (χ0v) is 15.4. The number of amides is 1. The third kappa shape index (κ3) is 4.86. The molecule has 0 radical (unpaired) electrons. The van der Waals surface area contributed by atoms with E-state index in [0.717, 1.165) is 11.1 Å². The number of nitrogens with one attached hydrogen (secondary N) is 1. The van der Waals surface area contributed by atoms with Crippen molar-refractivity contribution in [1.29, 1.82) is 0 Å². The van der Waals surface area contributed by atoms with E-state index in [9.17, 15) is 4.79 Å². The maximum absolute atomic E-state index is 12.2. The van der Waals surface area contributed by atoms with Crippen molar-refractivity contribution in [2.24, 2.45) is 0 Å². The van der Waals surface area contributed by atoms with Crippen LogP contribution in [-0.4, -0.2) is 20.1 Å². The molecule has 0 aliphatic rings. The lowest BCUT2D eigenvalue weighted by atomic mass is 10.0. The predicted octanol–water partition coefficient (Wildman–Crippen LogP) is 4.21. The van der Waals surface area contributed by atoms with Crippen LogP contribution in [-0.2, 0) is 4.79 Å². The van der Waals surface area contributed by atoms with E-state index < -0.39 is 0 Å². The summed E-state index contributed by atoms with van der Waals surface area (Å²) in [5.41, 5.74) is 4.38. The topological polar surface area (TPSA) is 47.6 Å². The molecule has 2 aromatic rings. The van der Waals surface area contributed by atoms with Gasteiger partial charge in [-0.2, -0.15) is 0 Å². The van der Waals surface area contributed by atoms with Crippen molar-refractivity contribution in [2.75, 3.05) is 14.2 Å². The average molecular weight is 339 g/mol. The van der Waals surface area contributed by atoms with E-state index >= 15 is 0 Å².